The quantitative estimate of drug-likeness (QED) is 0.534. The van der Waals surface area contributed by atoms with Crippen molar-refractivity contribution in [2.24, 2.45) is 0 Å². The van der Waals surface area contributed by atoms with Gasteiger partial charge in [0.25, 0.3) is 5.56 Å². The second-order valence-electron chi connectivity index (χ2n) is 6.27. The summed E-state index contributed by atoms with van der Waals surface area (Å²) in [5, 5.41) is 3.11. The Labute approximate surface area is 159 Å². The van der Waals surface area contributed by atoms with Crippen molar-refractivity contribution in [2.45, 2.75) is 23.2 Å². The van der Waals surface area contributed by atoms with Crippen LogP contribution in [0.5, 0.6) is 0 Å². The standard InChI is InChI=1S/C20H16FN3O2S/c21-14-8-4-7-13(9-14)15-10-16(25)22-18-17(15)19(26)24-20(23-18)27-11-12-5-2-1-3-6-12/h1-9,15H,10-11H2,(H2,22,23,24,25,26). The molecule has 0 aliphatic carbocycles. The van der Waals surface area contributed by atoms with E-state index in [4.69, 9.17) is 0 Å². The lowest BCUT2D eigenvalue weighted by molar-refractivity contribution is -0.116. The van der Waals surface area contributed by atoms with E-state index in [9.17, 15) is 14.0 Å². The minimum Gasteiger partial charge on any atom is -0.310 e. The van der Waals surface area contributed by atoms with Gasteiger partial charge in [0.2, 0.25) is 5.91 Å². The number of hydrogen-bond donors (Lipinski definition) is 2. The first-order chi connectivity index (χ1) is 13.1. The second kappa shape index (κ2) is 7.36. The van der Waals surface area contributed by atoms with Crippen LogP contribution in [-0.2, 0) is 10.5 Å². The fourth-order valence-corrected chi connectivity index (χ4v) is 3.97. The van der Waals surface area contributed by atoms with E-state index in [0.29, 0.717) is 22.0 Å². The maximum atomic E-state index is 13.6. The van der Waals surface area contributed by atoms with Crippen LogP contribution in [0, 0.1) is 5.82 Å². The number of halogens is 1. The van der Waals surface area contributed by atoms with Crippen molar-refractivity contribution < 1.29 is 9.18 Å². The van der Waals surface area contributed by atoms with Crippen molar-refractivity contribution in [3.8, 4) is 0 Å². The molecule has 136 valence electrons. The Morgan fingerprint density at radius 3 is 2.70 bits per heavy atom. The average Bonchev–Trinajstić information content (AvgIpc) is 2.66. The van der Waals surface area contributed by atoms with Gasteiger partial charge in [-0.3, -0.25) is 9.59 Å². The van der Waals surface area contributed by atoms with Crippen molar-refractivity contribution in [2.75, 3.05) is 5.32 Å². The minimum atomic E-state index is -0.520. The number of nitrogens with one attached hydrogen (secondary N) is 2. The number of thioether (sulfide) groups is 1. The number of carbonyl (C=O) groups excluding carboxylic acids is 1. The summed E-state index contributed by atoms with van der Waals surface area (Å²) >= 11 is 1.38. The van der Waals surface area contributed by atoms with E-state index in [1.807, 2.05) is 30.3 Å². The second-order valence-corrected chi connectivity index (χ2v) is 7.23. The third-order valence-corrected chi connectivity index (χ3v) is 5.34. The Bertz CT molecular complexity index is 1050. The molecule has 1 aliphatic heterocycles. The van der Waals surface area contributed by atoms with Crippen LogP contribution in [0.4, 0.5) is 10.2 Å². The molecule has 5 nitrogen and oxygen atoms in total. The fraction of sp³-hybridized carbons (Fsp3) is 0.150. The highest BCUT2D eigenvalue weighted by molar-refractivity contribution is 7.98. The molecule has 0 fully saturated rings. The largest absolute Gasteiger partial charge is 0.310 e. The van der Waals surface area contributed by atoms with E-state index in [1.54, 1.807) is 12.1 Å². The summed E-state index contributed by atoms with van der Waals surface area (Å²) in [7, 11) is 0. The van der Waals surface area contributed by atoms with Crippen LogP contribution in [0.1, 0.15) is 29.0 Å². The van der Waals surface area contributed by atoms with Crippen LogP contribution in [-0.4, -0.2) is 15.9 Å². The molecule has 0 radical (unpaired) electrons. The van der Waals surface area contributed by atoms with Gasteiger partial charge < -0.3 is 10.3 Å². The molecular formula is C20H16FN3O2S. The van der Waals surface area contributed by atoms with Crippen LogP contribution in [0.15, 0.2) is 64.5 Å². The van der Waals surface area contributed by atoms with Gasteiger partial charge in [0.05, 0.1) is 5.56 Å². The van der Waals surface area contributed by atoms with Crippen LogP contribution in [0.25, 0.3) is 0 Å². The molecule has 1 amide bonds. The number of aromatic nitrogens is 2. The first-order valence-corrected chi connectivity index (χ1v) is 9.45. The number of anilines is 1. The van der Waals surface area contributed by atoms with Crippen LogP contribution in [0.2, 0.25) is 0 Å². The van der Waals surface area contributed by atoms with Crippen LogP contribution < -0.4 is 10.9 Å². The molecule has 2 aromatic carbocycles. The number of rotatable bonds is 4. The Morgan fingerprint density at radius 2 is 1.93 bits per heavy atom. The molecule has 1 atom stereocenters. The topological polar surface area (TPSA) is 74.8 Å². The smallest absolute Gasteiger partial charge is 0.257 e. The van der Waals surface area contributed by atoms with Crippen LogP contribution in [0.3, 0.4) is 0 Å². The van der Waals surface area contributed by atoms with Crippen molar-refractivity contribution in [1.29, 1.82) is 0 Å². The first kappa shape index (κ1) is 17.5. The molecule has 0 saturated carbocycles. The zero-order valence-electron chi connectivity index (χ0n) is 14.2. The summed E-state index contributed by atoms with van der Waals surface area (Å²) in [6.45, 7) is 0. The Hall–Kier alpha value is -2.93. The molecule has 27 heavy (non-hydrogen) atoms. The van der Waals surface area contributed by atoms with Gasteiger partial charge in [-0.05, 0) is 23.3 Å². The van der Waals surface area contributed by atoms with Crippen molar-refractivity contribution >= 4 is 23.5 Å². The highest BCUT2D eigenvalue weighted by Gasteiger charge is 2.31. The molecule has 3 aromatic rings. The number of H-pyrrole nitrogens is 1. The molecular weight excluding hydrogens is 365 g/mol. The lowest BCUT2D eigenvalue weighted by atomic mass is 9.87. The van der Waals surface area contributed by atoms with Gasteiger partial charge in [-0.15, -0.1) is 0 Å². The lowest BCUT2D eigenvalue weighted by Gasteiger charge is -2.24. The molecule has 7 heteroatoms. The molecule has 0 saturated heterocycles. The van der Waals surface area contributed by atoms with E-state index in [2.05, 4.69) is 15.3 Å². The zero-order valence-corrected chi connectivity index (χ0v) is 15.1. The Morgan fingerprint density at radius 1 is 1.11 bits per heavy atom. The summed E-state index contributed by atoms with van der Waals surface area (Å²) in [6, 6.07) is 15.8. The highest BCUT2D eigenvalue weighted by Crippen LogP contribution is 2.34. The van der Waals surface area contributed by atoms with Crippen LogP contribution >= 0.6 is 11.8 Å². The molecule has 4 rings (SSSR count). The number of carbonyl (C=O) groups is 1. The Balaban J connectivity index is 1.67. The third kappa shape index (κ3) is 3.78. The molecule has 0 spiro atoms. The molecule has 1 aliphatic rings. The third-order valence-electron chi connectivity index (χ3n) is 4.40. The average molecular weight is 381 g/mol. The number of aromatic amines is 1. The van der Waals surface area contributed by atoms with Crippen molar-refractivity contribution in [3.63, 3.8) is 0 Å². The minimum absolute atomic E-state index is 0.0811. The van der Waals surface area contributed by atoms with E-state index in [0.717, 1.165) is 5.56 Å². The molecule has 1 unspecified atom stereocenters. The van der Waals surface area contributed by atoms with Gasteiger partial charge in [0.1, 0.15) is 11.6 Å². The molecule has 2 heterocycles. The molecule has 0 bridgehead atoms. The maximum absolute atomic E-state index is 13.6. The monoisotopic (exact) mass is 381 g/mol. The Kier molecular flexibility index (Phi) is 4.77. The molecule has 2 N–H and O–H groups in total. The van der Waals surface area contributed by atoms with Crippen molar-refractivity contribution in [3.05, 3.63) is 87.5 Å². The van der Waals surface area contributed by atoms with Gasteiger partial charge in [0, 0.05) is 18.1 Å². The number of hydrogen-bond acceptors (Lipinski definition) is 4. The summed E-state index contributed by atoms with van der Waals surface area (Å²) < 4.78 is 13.6. The van der Waals surface area contributed by atoms with Gasteiger partial charge in [-0.1, -0.05) is 54.2 Å². The van der Waals surface area contributed by atoms with E-state index >= 15 is 0 Å². The normalized spacial score (nSPS) is 15.9. The van der Waals surface area contributed by atoms with Gasteiger partial charge in [-0.2, -0.15) is 0 Å². The number of benzene rings is 2. The summed E-state index contributed by atoms with van der Waals surface area (Å²) in [4.78, 5) is 32.1. The summed E-state index contributed by atoms with van der Waals surface area (Å²) in [5.41, 5.74) is 1.74. The number of amides is 1. The van der Waals surface area contributed by atoms with E-state index in [-0.39, 0.29) is 23.7 Å². The first-order valence-electron chi connectivity index (χ1n) is 8.46. The SMILES string of the molecule is O=C1CC(c2cccc(F)c2)c2c(nc(SCc3ccccc3)[nH]c2=O)N1. The summed E-state index contributed by atoms with van der Waals surface area (Å²) in [6.07, 6.45) is 0.0811. The predicted molar refractivity (Wildman–Crippen MR) is 102 cm³/mol. The fourth-order valence-electron chi connectivity index (χ4n) is 3.15. The van der Waals surface area contributed by atoms with Gasteiger partial charge in [-0.25, -0.2) is 9.37 Å². The maximum Gasteiger partial charge on any atom is 0.257 e. The molecule has 1 aromatic heterocycles. The number of nitrogens with zero attached hydrogens (tertiary/aromatic N) is 1. The predicted octanol–water partition coefficient (Wildman–Crippen LogP) is 3.68. The van der Waals surface area contributed by atoms with E-state index in [1.165, 1.54) is 23.9 Å². The summed E-state index contributed by atoms with van der Waals surface area (Å²) in [5.74, 6) is -0.272. The lowest BCUT2D eigenvalue weighted by Crippen LogP contribution is -2.31. The number of fused-ring (bicyclic) bond motifs is 1. The van der Waals surface area contributed by atoms with Crippen molar-refractivity contribution in [1.82, 2.24) is 9.97 Å². The highest BCUT2D eigenvalue weighted by atomic mass is 32.2. The zero-order chi connectivity index (χ0) is 18.8. The van der Waals surface area contributed by atoms with E-state index < -0.39 is 11.7 Å². The van der Waals surface area contributed by atoms with Gasteiger partial charge in [0.15, 0.2) is 5.16 Å². The van der Waals surface area contributed by atoms with Gasteiger partial charge >= 0.3 is 0 Å².